The van der Waals surface area contributed by atoms with Crippen molar-refractivity contribution in [3.63, 3.8) is 0 Å². The lowest BCUT2D eigenvalue weighted by Crippen LogP contribution is -2.31. The summed E-state index contributed by atoms with van der Waals surface area (Å²) in [5.41, 5.74) is 2.96. The molecule has 1 atom stereocenters. The Labute approximate surface area is 160 Å². The Morgan fingerprint density at radius 1 is 0.963 bits per heavy atom. The fourth-order valence-electron chi connectivity index (χ4n) is 4.00. The molecule has 142 valence electrons. The number of hydrogen-bond acceptors (Lipinski definition) is 3. The van der Waals surface area contributed by atoms with Crippen molar-refractivity contribution in [1.82, 2.24) is 9.62 Å². The van der Waals surface area contributed by atoms with Crippen LogP contribution >= 0.6 is 0 Å². The number of carbonyl (C=O) groups excluding carboxylic acids is 1. The van der Waals surface area contributed by atoms with Gasteiger partial charge in [0.2, 0.25) is 10.0 Å². The van der Waals surface area contributed by atoms with Crippen LogP contribution in [-0.4, -0.2) is 31.7 Å². The molecule has 1 aliphatic carbocycles. The van der Waals surface area contributed by atoms with E-state index in [-0.39, 0.29) is 16.8 Å². The van der Waals surface area contributed by atoms with Crippen LogP contribution in [0.4, 0.5) is 0 Å². The second kappa shape index (κ2) is 7.44. The lowest BCUT2D eigenvalue weighted by atomic mass is 9.87. The van der Waals surface area contributed by atoms with Gasteiger partial charge in [-0.15, -0.1) is 0 Å². The SMILES string of the molecule is O=C(N[C@@H]1CCCc2ccccc21)c1ccc(S(=O)(=O)N2CCCC2)cc1. The molecule has 2 aromatic carbocycles. The van der Waals surface area contributed by atoms with Crippen LogP contribution in [0, 0.1) is 0 Å². The van der Waals surface area contributed by atoms with Gasteiger partial charge in [-0.2, -0.15) is 4.31 Å². The molecular formula is C21H24N2O3S. The fourth-order valence-corrected chi connectivity index (χ4v) is 5.52. The summed E-state index contributed by atoms with van der Waals surface area (Å²) >= 11 is 0. The number of fused-ring (bicyclic) bond motifs is 1. The number of amides is 1. The molecule has 0 saturated carbocycles. The van der Waals surface area contributed by atoms with Gasteiger partial charge < -0.3 is 5.32 Å². The number of sulfonamides is 1. The number of carbonyl (C=O) groups is 1. The Morgan fingerprint density at radius 3 is 2.41 bits per heavy atom. The molecule has 0 spiro atoms. The molecule has 1 amide bonds. The second-order valence-electron chi connectivity index (χ2n) is 7.25. The monoisotopic (exact) mass is 384 g/mol. The summed E-state index contributed by atoms with van der Waals surface area (Å²) in [5.74, 6) is -0.165. The van der Waals surface area contributed by atoms with E-state index in [0.717, 1.165) is 32.1 Å². The number of benzene rings is 2. The third kappa shape index (κ3) is 3.64. The highest BCUT2D eigenvalue weighted by atomic mass is 32.2. The first-order chi connectivity index (χ1) is 13.1. The average molecular weight is 385 g/mol. The third-order valence-electron chi connectivity index (χ3n) is 5.49. The van der Waals surface area contributed by atoms with E-state index in [9.17, 15) is 13.2 Å². The zero-order chi connectivity index (χ0) is 18.9. The van der Waals surface area contributed by atoms with Gasteiger partial charge in [-0.1, -0.05) is 24.3 Å². The van der Waals surface area contributed by atoms with Crippen molar-refractivity contribution in [3.8, 4) is 0 Å². The van der Waals surface area contributed by atoms with Crippen LogP contribution in [0.3, 0.4) is 0 Å². The van der Waals surface area contributed by atoms with Crippen molar-refractivity contribution in [2.75, 3.05) is 13.1 Å². The predicted molar refractivity (Wildman–Crippen MR) is 104 cm³/mol. The first kappa shape index (κ1) is 18.2. The van der Waals surface area contributed by atoms with E-state index in [2.05, 4.69) is 17.4 Å². The molecule has 1 aliphatic heterocycles. The minimum atomic E-state index is -3.45. The molecule has 0 bridgehead atoms. The molecule has 2 aliphatic rings. The van der Waals surface area contributed by atoms with Crippen molar-refractivity contribution in [3.05, 3.63) is 65.2 Å². The number of nitrogens with one attached hydrogen (secondary N) is 1. The van der Waals surface area contributed by atoms with Gasteiger partial charge >= 0.3 is 0 Å². The van der Waals surface area contributed by atoms with Crippen LogP contribution in [0.2, 0.25) is 0 Å². The summed E-state index contributed by atoms with van der Waals surface area (Å²) < 4.78 is 26.7. The Morgan fingerprint density at radius 2 is 1.67 bits per heavy atom. The van der Waals surface area contributed by atoms with Gasteiger partial charge in [0.15, 0.2) is 0 Å². The van der Waals surface area contributed by atoms with E-state index in [1.807, 2.05) is 12.1 Å². The molecule has 1 N–H and O–H groups in total. The van der Waals surface area contributed by atoms with Crippen molar-refractivity contribution in [1.29, 1.82) is 0 Å². The minimum absolute atomic E-state index is 0.00968. The van der Waals surface area contributed by atoms with E-state index < -0.39 is 10.0 Å². The summed E-state index contributed by atoms with van der Waals surface area (Å²) in [6, 6.07) is 14.5. The van der Waals surface area contributed by atoms with E-state index in [1.54, 1.807) is 12.1 Å². The Balaban J connectivity index is 1.49. The van der Waals surface area contributed by atoms with Crippen LogP contribution < -0.4 is 5.32 Å². The average Bonchev–Trinajstić information content (AvgIpc) is 3.24. The van der Waals surface area contributed by atoms with Crippen molar-refractivity contribution in [2.45, 2.75) is 43.0 Å². The maximum atomic E-state index is 12.7. The van der Waals surface area contributed by atoms with Crippen LogP contribution in [-0.2, 0) is 16.4 Å². The first-order valence-corrected chi connectivity index (χ1v) is 11.0. The summed E-state index contributed by atoms with van der Waals surface area (Å²) in [6.45, 7) is 1.15. The smallest absolute Gasteiger partial charge is 0.251 e. The molecule has 27 heavy (non-hydrogen) atoms. The van der Waals surface area contributed by atoms with E-state index in [1.165, 1.54) is 27.6 Å². The molecule has 4 rings (SSSR count). The van der Waals surface area contributed by atoms with Gasteiger partial charge in [-0.3, -0.25) is 4.79 Å². The molecule has 0 aromatic heterocycles. The Kier molecular flexibility index (Phi) is 5.02. The summed E-state index contributed by atoms with van der Waals surface area (Å²) in [7, 11) is -3.45. The van der Waals surface area contributed by atoms with Crippen LogP contribution in [0.15, 0.2) is 53.4 Å². The number of rotatable bonds is 4. The van der Waals surface area contributed by atoms with E-state index in [4.69, 9.17) is 0 Å². The largest absolute Gasteiger partial charge is 0.345 e. The van der Waals surface area contributed by atoms with Crippen LogP contribution in [0.1, 0.15) is 53.2 Å². The van der Waals surface area contributed by atoms with Gasteiger partial charge in [-0.05, 0) is 67.5 Å². The van der Waals surface area contributed by atoms with Crippen molar-refractivity contribution >= 4 is 15.9 Å². The van der Waals surface area contributed by atoms with Crippen LogP contribution in [0.25, 0.3) is 0 Å². The standard InChI is InChI=1S/C21H24N2O3S/c24-21(22-20-9-5-7-16-6-1-2-8-19(16)20)17-10-12-18(13-11-17)27(25,26)23-14-3-4-15-23/h1-2,6,8,10-13,20H,3-5,7,9,14-15H2,(H,22,24)/t20-/m1/s1. The van der Waals surface area contributed by atoms with E-state index >= 15 is 0 Å². The van der Waals surface area contributed by atoms with Gasteiger partial charge in [0.1, 0.15) is 0 Å². The summed E-state index contributed by atoms with van der Waals surface area (Å²) in [4.78, 5) is 12.9. The van der Waals surface area contributed by atoms with Crippen molar-refractivity contribution in [2.24, 2.45) is 0 Å². The molecule has 1 heterocycles. The topological polar surface area (TPSA) is 66.5 Å². The highest BCUT2D eigenvalue weighted by molar-refractivity contribution is 7.89. The minimum Gasteiger partial charge on any atom is -0.345 e. The first-order valence-electron chi connectivity index (χ1n) is 9.54. The molecule has 0 unspecified atom stereocenters. The highest BCUT2D eigenvalue weighted by Gasteiger charge is 2.27. The molecule has 5 nitrogen and oxygen atoms in total. The zero-order valence-corrected chi connectivity index (χ0v) is 16.0. The normalized spacial score (nSPS) is 20.2. The number of aryl methyl sites for hydroxylation is 1. The third-order valence-corrected chi connectivity index (χ3v) is 7.41. The molecule has 1 saturated heterocycles. The summed E-state index contributed by atoms with van der Waals surface area (Å²) in [5, 5.41) is 3.11. The second-order valence-corrected chi connectivity index (χ2v) is 9.19. The molecular weight excluding hydrogens is 360 g/mol. The maximum Gasteiger partial charge on any atom is 0.251 e. The number of hydrogen-bond donors (Lipinski definition) is 1. The van der Waals surface area contributed by atoms with Gasteiger partial charge in [-0.25, -0.2) is 8.42 Å². The van der Waals surface area contributed by atoms with Gasteiger partial charge in [0.05, 0.1) is 10.9 Å². The van der Waals surface area contributed by atoms with E-state index in [0.29, 0.717) is 18.7 Å². The van der Waals surface area contributed by atoms with Crippen LogP contribution in [0.5, 0.6) is 0 Å². The maximum absolute atomic E-state index is 12.7. The lowest BCUT2D eigenvalue weighted by molar-refractivity contribution is 0.0932. The molecule has 0 radical (unpaired) electrons. The van der Waals surface area contributed by atoms with Crippen molar-refractivity contribution < 1.29 is 13.2 Å². The zero-order valence-electron chi connectivity index (χ0n) is 15.2. The van der Waals surface area contributed by atoms with Gasteiger partial charge in [0, 0.05) is 18.7 Å². The summed E-state index contributed by atoms with van der Waals surface area (Å²) in [6.07, 6.45) is 4.83. The quantitative estimate of drug-likeness (QED) is 0.880. The Hall–Kier alpha value is -2.18. The lowest BCUT2D eigenvalue weighted by Gasteiger charge is -2.26. The molecule has 6 heteroatoms. The molecule has 2 aromatic rings. The van der Waals surface area contributed by atoms with Gasteiger partial charge in [0.25, 0.3) is 5.91 Å². The Bertz CT molecular complexity index is 932. The molecule has 1 fully saturated rings. The highest BCUT2D eigenvalue weighted by Crippen LogP contribution is 2.29. The fraction of sp³-hybridized carbons (Fsp3) is 0.381. The number of nitrogens with zero attached hydrogens (tertiary/aromatic N) is 1. The predicted octanol–water partition coefficient (Wildman–Crippen LogP) is 3.28.